The van der Waals surface area contributed by atoms with Gasteiger partial charge in [0, 0.05) is 6.42 Å². The summed E-state index contributed by atoms with van der Waals surface area (Å²) in [6, 6.07) is 15.3. The van der Waals surface area contributed by atoms with Crippen molar-refractivity contribution in [2.75, 3.05) is 19.8 Å². The van der Waals surface area contributed by atoms with E-state index < -0.39 is 0 Å². The van der Waals surface area contributed by atoms with Gasteiger partial charge in [-0.25, -0.2) is 0 Å². The summed E-state index contributed by atoms with van der Waals surface area (Å²) in [6.45, 7) is 3.61. The summed E-state index contributed by atoms with van der Waals surface area (Å²) in [5.74, 6) is 2.33. The van der Waals surface area contributed by atoms with Gasteiger partial charge in [0.1, 0.15) is 19.0 Å². The molecule has 0 aliphatic carbocycles. The fourth-order valence-corrected chi connectivity index (χ4v) is 2.67. The number of hydrogen-bond acceptors (Lipinski definition) is 4. The van der Waals surface area contributed by atoms with Gasteiger partial charge in [0.25, 0.3) is 0 Å². The fraction of sp³-hybridized carbons (Fsp3) is 0.350. The Hall–Kier alpha value is -2.69. The van der Waals surface area contributed by atoms with E-state index in [0.29, 0.717) is 32.7 Å². The second kappa shape index (κ2) is 8.42. The Morgan fingerprint density at radius 1 is 1.12 bits per heavy atom. The van der Waals surface area contributed by atoms with Crippen LogP contribution in [0.3, 0.4) is 0 Å². The van der Waals surface area contributed by atoms with E-state index in [0.717, 1.165) is 22.8 Å². The highest BCUT2D eigenvalue weighted by Crippen LogP contribution is 2.32. The highest BCUT2D eigenvalue weighted by Gasteiger charge is 2.15. The van der Waals surface area contributed by atoms with Crippen LogP contribution in [-0.2, 0) is 4.79 Å². The fourth-order valence-electron chi connectivity index (χ4n) is 2.67. The number of carbonyl (C=O) groups excluding carboxylic acids is 1. The van der Waals surface area contributed by atoms with E-state index in [2.05, 4.69) is 5.32 Å². The molecule has 0 aromatic heterocycles. The van der Waals surface area contributed by atoms with E-state index in [1.54, 1.807) is 0 Å². The average molecular weight is 341 g/mol. The van der Waals surface area contributed by atoms with Gasteiger partial charge in [-0.1, -0.05) is 24.3 Å². The normalized spacial score (nSPS) is 13.8. The Balaban J connectivity index is 1.43. The van der Waals surface area contributed by atoms with Gasteiger partial charge in [-0.05, 0) is 43.2 Å². The predicted octanol–water partition coefficient (Wildman–Crippen LogP) is 3.49. The lowest BCUT2D eigenvalue weighted by molar-refractivity contribution is -0.121. The van der Waals surface area contributed by atoms with Crippen molar-refractivity contribution in [3.63, 3.8) is 0 Å². The maximum absolute atomic E-state index is 12.1. The molecule has 5 nitrogen and oxygen atoms in total. The van der Waals surface area contributed by atoms with E-state index in [-0.39, 0.29) is 11.9 Å². The Morgan fingerprint density at radius 2 is 1.88 bits per heavy atom. The van der Waals surface area contributed by atoms with Crippen LogP contribution in [0.2, 0.25) is 0 Å². The third-order valence-electron chi connectivity index (χ3n) is 4.00. The van der Waals surface area contributed by atoms with Crippen LogP contribution in [0.4, 0.5) is 0 Å². The number of fused-ring (bicyclic) bond motifs is 1. The summed E-state index contributed by atoms with van der Waals surface area (Å²) in [6.07, 6.45) is 1.11. The van der Waals surface area contributed by atoms with Gasteiger partial charge >= 0.3 is 0 Å². The molecular weight excluding hydrogens is 318 g/mol. The molecule has 0 bridgehead atoms. The number of rotatable bonds is 7. The second-order valence-corrected chi connectivity index (χ2v) is 5.96. The van der Waals surface area contributed by atoms with Crippen LogP contribution >= 0.6 is 0 Å². The predicted molar refractivity (Wildman–Crippen MR) is 95.2 cm³/mol. The lowest BCUT2D eigenvalue weighted by atomic mass is 10.1. The molecule has 2 aromatic carbocycles. The van der Waals surface area contributed by atoms with E-state index in [9.17, 15) is 4.79 Å². The quantitative estimate of drug-likeness (QED) is 0.783. The molecule has 132 valence electrons. The third-order valence-corrected chi connectivity index (χ3v) is 4.00. The summed E-state index contributed by atoms with van der Waals surface area (Å²) in [4.78, 5) is 12.1. The van der Waals surface area contributed by atoms with Gasteiger partial charge in [0.15, 0.2) is 11.5 Å². The third kappa shape index (κ3) is 4.89. The van der Waals surface area contributed by atoms with Crippen molar-refractivity contribution in [1.29, 1.82) is 0 Å². The standard InChI is InChI=1S/C20H23NO4/c1-15(16-9-10-18-19(14-16)25-13-12-24-18)21-20(22)8-5-11-23-17-6-3-2-4-7-17/h2-4,6-7,9-10,14-15H,5,8,11-13H2,1H3,(H,21,22)/t15-/m0/s1. The molecule has 0 unspecified atom stereocenters. The van der Waals surface area contributed by atoms with E-state index in [1.165, 1.54) is 0 Å². The van der Waals surface area contributed by atoms with Crippen molar-refractivity contribution in [2.45, 2.75) is 25.8 Å². The van der Waals surface area contributed by atoms with Crippen molar-refractivity contribution < 1.29 is 19.0 Å². The summed E-state index contributed by atoms with van der Waals surface area (Å²) in [5.41, 5.74) is 0.998. The lowest BCUT2D eigenvalue weighted by Gasteiger charge is -2.21. The molecule has 0 saturated carbocycles. The Bertz CT molecular complexity index is 702. The first-order valence-electron chi connectivity index (χ1n) is 8.59. The molecule has 1 aliphatic rings. The molecule has 5 heteroatoms. The van der Waals surface area contributed by atoms with Gasteiger partial charge < -0.3 is 19.5 Å². The van der Waals surface area contributed by atoms with Crippen LogP contribution in [0.15, 0.2) is 48.5 Å². The van der Waals surface area contributed by atoms with Crippen LogP contribution < -0.4 is 19.5 Å². The Kier molecular flexibility index (Phi) is 5.77. The minimum absolute atomic E-state index is 0.0130. The smallest absolute Gasteiger partial charge is 0.220 e. The van der Waals surface area contributed by atoms with Crippen LogP contribution in [0, 0.1) is 0 Å². The van der Waals surface area contributed by atoms with E-state index in [4.69, 9.17) is 14.2 Å². The van der Waals surface area contributed by atoms with E-state index in [1.807, 2.05) is 55.5 Å². The molecule has 3 rings (SSSR count). The summed E-state index contributed by atoms with van der Waals surface area (Å²) in [7, 11) is 0. The molecule has 0 fully saturated rings. The maximum atomic E-state index is 12.1. The first-order valence-corrected chi connectivity index (χ1v) is 8.59. The topological polar surface area (TPSA) is 56.8 Å². The molecule has 1 amide bonds. The van der Waals surface area contributed by atoms with Crippen molar-refractivity contribution in [1.82, 2.24) is 5.32 Å². The molecule has 1 atom stereocenters. The highest BCUT2D eigenvalue weighted by atomic mass is 16.6. The summed E-state index contributed by atoms with van der Waals surface area (Å²) >= 11 is 0. The minimum Gasteiger partial charge on any atom is -0.494 e. The molecule has 1 heterocycles. The number of carbonyl (C=O) groups is 1. The molecule has 1 aliphatic heterocycles. The molecule has 1 N–H and O–H groups in total. The Labute approximate surface area is 147 Å². The maximum Gasteiger partial charge on any atom is 0.220 e. The Morgan fingerprint density at radius 3 is 2.68 bits per heavy atom. The van der Waals surface area contributed by atoms with E-state index >= 15 is 0 Å². The summed E-state index contributed by atoms with van der Waals surface area (Å²) in [5, 5.41) is 3.01. The molecule has 0 saturated heterocycles. The molecule has 0 spiro atoms. The van der Waals surface area contributed by atoms with Crippen molar-refractivity contribution >= 4 is 5.91 Å². The minimum atomic E-state index is -0.0848. The zero-order valence-electron chi connectivity index (χ0n) is 14.4. The number of hydrogen-bond donors (Lipinski definition) is 1. The number of amides is 1. The van der Waals surface area contributed by atoms with Crippen LogP contribution in [0.1, 0.15) is 31.4 Å². The van der Waals surface area contributed by atoms with Crippen LogP contribution in [0.25, 0.3) is 0 Å². The van der Waals surface area contributed by atoms with Gasteiger partial charge in [-0.15, -0.1) is 0 Å². The monoisotopic (exact) mass is 341 g/mol. The SMILES string of the molecule is C[C@H](NC(=O)CCCOc1ccccc1)c1ccc2c(c1)OCCO2. The highest BCUT2D eigenvalue weighted by molar-refractivity contribution is 5.76. The number of para-hydroxylation sites is 1. The molecule has 2 aromatic rings. The average Bonchev–Trinajstić information content (AvgIpc) is 2.65. The zero-order chi connectivity index (χ0) is 17.5. The summed E-state index contributed by atoms with van der Waals surface area (Å²) < 4.78 is 16.7. The van der Waals surface area contributed by atoms with Crippen LogP contribution in [0.5, 0.6) is 17.2 Å². The molecule has 0 radical (unpaired) electrons. The number of ether oxygens (including phenoxy) is 3. The van der Waals surface area contributed by atoms with Crippen molar-refractivity contribution in [2.24, 2.45) is 0 Å². The zero-order valence-corrected chi connectivity index (χ0v) is 14.4. The number of benzene rings is 2. The largest absolute Gasteiger partial charge is 0.494 e. The molecular formula is C20H23NO4. The second-order valence-electron chi connectivity index (χ2n) is 5.96. The lowest BCUT2D eigenvalue weighted by Crippen LogP contribution is -2.27. The van der Waals surface area contributed by atoms with Crippen LogP contribution in [-0.4, -0.2) is 25.7 Å². The van der Waals surface area contributed by atoms with Gasteiger partial charge in [0.05, 0.1) is 12.6 Å². The van der Waals surface area contributed by atoms with Gasteiger partial charge in [0.2, 0.25) is 5.91 Å². The molecule has 25 heavy (non-hydrogen) atoms. The van der Waals surface area contributed by atoms with Gasteiger partial charge in [-0.2, -0.15) is 0 Å². The first-order chi connectivity index (χ1) is 12.2. The van der Waals surface area contributed by atoms with Crippen molar-refractivity contribution in [3.8, 4) is 17.2 Å². The van der Waals surface area contributed by atoms with Crippen molar-refractivity contribution in [3.05, 3.63) is 54.1 Å². The van der Waals surface area contributed by atoms with Gasteiger partial charge in [-0.3, -0.25) is 4.79 Å². The first kappa shape index (κ1) is 17.1. The number of nitrogens with one attached hydrogen (secondary N) is 1.